The van der Waals surface area contributed by atoms with E-state index >= 15 is 0 Å². The van der Waals surface area contributed by atoms with Crippen LogP contribution in [0.15, 0.2) is 57.8 Å². The first-order valence-corrected chi connectivity index (χ1v) is 8.14. The number of fused-ring (bicyclic) bond motifs is 1. The fourth-order valence-electron chi connectivity index (χ4n) is 2.76. The summed E-state index contributed by atoms with van der Waals surface area (Å²) >= 11 is 0. The molecule has 0 radical (unpaired) electrons. The summed E-state index contributed by atoms with van der Waals surface area (Å²) in [5, 5.41) is 19.7. The van der Waals surface area contributed by atoms with Gasteiger partial charge in [-0.1, -0.05) is 53.2 Å². The van der Waals surface area contributed by atoms with Gasteiger partial charge in [0, 0.05) is 10.9 Å². The Balaban J connectivity index is 1.74. The van der Waals surface area contributed by atoms with Gasteiger partial charge in [-0.3, -0.25) is 4.79 Å². The molecule has 0 spiro atoms. The minimum absolute atomic E-state index is 0.139. The fourth-order valence-corrected chi connectivity index (χ4v) is 2.76. The molecule has 0 atom stereocenters. The van der Waals surface area contributed by atoms with Crippen molar-refractivity contribution in [3.05, 3.63) is 76.0 Å². The first-order chi connectivity index (χ1) is 13.0. The van der Waals surface area contributed by atoms with Gasteiger partial charge >= 0.3 is 0 Å². The molecule has 0 unspecified atom stereocenters. The molecule has 2 heterocycles. The van der Waals surface area contributed by atoms with Crippen molar-refractivity contribution in [1.82, 2.24) is 19.9 Å². The Morgan fingerprint density at radius 1 is 1.11 bits per heavy atom. The standard InChI is InChI=1S/C19H14N4O4/c1-11-6-8-12(9-7-11)17-20-15(27-22-17)10-23-18(24)14-5-3-2-4-13(14)16(21-23)19(25)26/h2-9H,10H2,1H3,(H,25,26)/p-1. The number of benzene rings is 2. The van der Waals surface area contributed by atoms with Crippen molar-refractivity contribution in [2.24, 2.45) is 0 Å². The van der Waals surface area contributed by atoms with Crippen LogP contribution in [0.2, 0.25) is 0 Å². The van der Waals surface area contributed by atoms with E-state index in [1.807, 2.05) is 31.2 Å². The average Bonchev–Trinajstić information content (AvgIpc) is 3.13. The highest BCUT2D eigenvalue weighted by Crippen LogP contribution is 2.17. The van der Waals surface area contributed by atoms with Crippen molar-refractivity contribution in [3.8, 4) is 11.4 Å². The highest BCUT2D eigenvalue weighted by atomic mass is 16.5. The number of hydrogen-bond acceptors (Lipinski definition) is 7. The van der Waals surface area contributed by atoms with Crippen LogP contribution >= 0.6 is 0 Å². The van der Waals surface area contributed by atoms with Gasteiger partial charge in [0.1, 0.15) is 12.2 Å². The lowest BCUT2D eigenvalue weighted by atomic mass is 10.1. The number of carboxylic acids is 1. The molecule has 2 aromatic heterocycles. The quantitative estimate of drug-likeness (QED) is 0.536. The monoisotopic (exact) mass is 361 g/mol. The van der Waals surface area contributed by atoms with Gasteiger partial charge in [0.25, 0.3) is 5.56 Å². The smallest absolute Gasteiger partial charge is 0.275 e. The zero-order valence-electron chi connectivity index (χ0n) is 14.2. The molecule has 27 heavy (non-hydrogen) atoms. The molecule has 0 fully saturated rings. The fraction of sp³-hybridized carbons (Fsp3) is 0.105. The largest absolute Gasteiger partial charge is 0.543 e. The van der Waals surface area contributed by atoms with Crippen molar-refractivity contribution in [2.45, 2.75) is 13.5 Å². The van der Waals surface area contributed by atoms with E-state index in [-0.39, 0.29) is 28.9 Å². The molecule has 2 aromatic carbocycles. The van der Waals surface area contributed by atoms with Gasteiger partial charge in [0.05, 0.1) is 11.4 Å². The molecule has 0 bridgehead atoms. The van der Waals surface area contributed by atoms with Crippen LogP contribution in [0.1, 0.15) is 21.9 Å². The molecule has 4 rings (SSSR count). The maximum absolute atomic E-state index is 12.6. The Morgan fingerprint density at radius 3 is 2.52 bits per heavy atom. The average molecular weight is 361 g/mol. The van der Waals surface area contributed by atoms with Gasteiger partial charge in [-0.2, -0.15) is 10.1 Å². The third-order valence-electron chi connectivity index (χ3n) is 4.12. The van der Waals surface area contributed by atoms with Crippen LogP contribution in [0.3, 0.4) is 0 Å². The predicted octanol–water partition coefficient (Wildman–Crippen LogP) is 1.17. The first-order valence-electron chi connectivity index (χ1n) is 8.14. The second-order valence-electron chi connectivity index (χ2n) is 6.02. The minimum Gasteiger partial charge on any atom is -0.543 e. The molecule has 0 saturated carbocycles. The Hall–Kier alpha value is -3.81. The lowest BCUT2D eigenvalue weighted by Gasteiger charge is -2.09. The number of aromatic nitrogens is 4. The molecule has 0 N–H and O–H groups in total. The molecule has 0 saturated heterocycles. The van der Waals surface area contributed by atoms with E-state index in [0.717, 1.165) is 15.8 Å². The molecule has 0 aliphatic heterocycles. The topological polar surface area (TPSA) is 114 Å². The number of aromatic carboxylic acids is 1. The predicted molar refractivity (Wildman–Crippen MR) is 93.9 cm³/mol. The van der Waals surface area contributed by atoms with E-state index in [2.05, 4.69) is 15.2 Å². The lowest BCUT2D eigenvalue weighted by molar-refractivity contribution is -0.255. The number of nitrogens with zero attached hydrogens (tertiary/aromatic N) is 4. The van der Waals surface area contributed by atoms with E-state index in [1.165, 1.54) is 12.1 Å². The number of carboxylic acid groups (broad SMARTS) is 1. The van der Waals surface area contributed by atoms with Crippen molar-refractivity contribution < 1.29 is 14.4 Å². The van der Waals surface area contributed by atoms with E-state index < -0.39 is 11.5 Å². The highest BCUT2D eigenvalue weighted by molar-refractivity contribution is 6.00. The third kappa shape index (κ3) is 3.08. The van der Waals surface area contributed by atoms with Crippen LogP contribution in [-0.4, -0.2) is 25.9 Å². The molecule has 134 valence electrons. The van der Waals surface area contributed by atoms with Gasteiger partial charge in [-0.25, -0.2) is 4.68 Å². The van der Waals surface area contributed by atoms with Gasteiger partial charge in [-0.05, 0) is 13.0 Å². The van der Waals surface area contributed by atoms with Crippen LogP contribution in [0.4, 0.5) is 0 Å². The Kier molecular flexibility index (Phi) is 4.00. The minimum atomic E-state index is -1.47. The van der Waals surface area contributed by atoms with Crippen molar-refractivity contribution in [1.29, 1.82) is 0 Å². The zero-order chi connectivity index (χ0) is 19.0. The molecule has 4 aromatic rings. The maximum atomic E-state index is 12.6. The number of rotatable bonds is 4. The Bertz CT molecular complexity index is 1210. The highest BCUT2D eigenvalue weighted by Gasteiger charge is 2.14. The second kappa shape index (κ2) is 6.49. The molecule has 0 aliphatic carbocycles. The van der Waals surface area contributed by atoms with E-state index in [9.17, 15) is 14.7 Å². The van der Waals surface area contributed by atoms with Crippen LogP contribution < -0.4 is 10.7 Å². The van der Waals surface area contributed by atoms with Gasteiger partial charge in [0.15, 0.2) is 0 Å². The van der Waals surface area contributed by atoms with E-state index in [4.69, 9.17) is 4.52 Å². The third-order valence-corrected chi connectivity index (χ3v) is 4.12. The summed E-state index contributed by atoms with van der Waals surface area (Å²) in [6, 6.07) is 13.9. The number of hydrogen-bond donors (Lipinski definition) is 0. The summed E-state index contributed by atoms with van der Waals surface area (Å²) in [6.45, 7) is 1.82. The first kappa shape index (κ1) is 16.6. The summed E-state index contributed by atoms with van der Waals surface area (Å²) in [5.41, 5.74) is 1.10. The number of carbonyl (C=O) groups is 1. The number of carbonyl (C=O) groups excluding carboxylic acids is 1. The Labute approximate surface area is 152 Å². The van der Waals surface area contributed by atoms with Crippen LogP contribution in [0.25, 0.3) is 22.2 Å². The summed E-state index contributed by atoms with van der Waals surface area (Å²) in [6.07, 6.45) is 0. The summed E-state index contributed by atoms with van der Waals surface area (Å²) in [4.78, 5) is 28.3. The van der Waals surface area contributed by atoms with Gasteiger partial charge in [0.2, 0.25) is 11.7 Å². The molecule has 0 aliphatic rings. The van der Waals surface area contributed by atoms with Gasteiger partial charge < -0.3 is 14.4 Å². The Morgan fingerprint density at radius 2 is 1.81 bits per heavy atom. The molecular formula is C19H13N4O4-. The maximum Gasteiger partial charge on any atom is 0.275 e. The summed E-state index contributed by atoms with van der Waals surface area (Å²) in [5.74, 6) is -0.954. The zero-order valence-corrected chi connectivity index (χ0v) is 14.2. The summed E-state index contributed by atoms with van der Waals surface area (Å²) < 4.78 is 6.18. The second-order valence-corrected chi connectivity index (χ2v) is 6.02. The normalized spacial score (nSPS) is 11.0. The van der Waals surface area contributed by atoms with Crippen molar-refractivity contribution in [2.75, 3.05) is 0 Å². The van der Waals surface area contributed by atoms with Crippen LogP contribution in [0, 0.1) is 6.92 Å². The molecule has 8 heteroatoms. The molecule has 8 nitrogen and oxygen atoms in total. The summed E-state index contributed by atoms with van der Waals surface area (Å²) in [7, 11) is 0. The molecular weight excluding hydrogens is 348 g/mol. The number of aryl methyl sites for hydroxylation is 1. The van der Waals surface area contributed by atoms with Crippen LogP contribution in [0.5, 0.6) is 0 Å². The van der Waals surface area contributed by atoms with Crippen LogP contribution in [-0.2, 0) is 6.54 Å². The van der Waals surface area contributed by atoms with Crippen molar-refractivity contribution in [3.63, 3.8) is 0 Å². The lowest BCUT2D eigenvalue weighted by Crippen LogP contribution is -2.31. The van der Waals surface area contributed by atoms with E-state index in [0.29, 0.717) is 5.82 Å². The van der Waals surface area contributed by atoms with E-state index in [1.54, 1.807) is 12.1 Å². The molecule has 0 amide bonds. The van der Waals surface area contributed by atoms with Crippen molar-refractivity contribution >= 4 is 16.7 Å². The van der Waals surface area contributed by atoms with Gasteiger partial charge in [-0.15, -0.1) is 0 Å². The SMILES string of the molecule is Cc1ccc(-c2noc(Cn3nc(C(=O)[O-])c4ccccc4c3=O)n2)cc1.